The van der Waals surface area contributed by atoms with Crippen molar-refractivity contribution in [2.24, 2.45) is 0 Å². The van der Waals surface area contributed by atoms with Crippen LogP contribution in [0.2, 0.25) is 0 Å². The third kappa shape index (κ3) is 1.85. The highest BCUT2D eigenvalue weighted by Crippen LogP contribution is 2.20. The van der Waals surface area contributed by atoms with Gasteiger partial charge in [0.05, 0.1) is 0 Å². The van der Waals surface area contributed by atoms with Crippen LogP contribution >= 0.6 is 11.6 Å². The van der Waals surface area contributed by atoms with E-state index in [0.29, 0.717) is 5.88 Å². The fourth-order valence-electron chi connectivity index (χ4n) is 1.84. The van der Waals surface area contributed by atoms with Crippen molar-refractivity contribution in [3.8, 4) is 0 Å². The summed E-state index contributed by atoms with van der Waals surface area (Å²) in [6, 6.07) is 4.17. The maximum atomic E-state index is 5.79. The van der Waals surface area contributed by atoms with Gasteiger partial charge in [-0.15, -0.1) is 11.6 Å². The van der Waals surface area contributed by atoms with Crippen molar-refractivity contribution in [1.29, 1.82) is 0 Å². The van der Waals surface area contributed by atoms with E-state index in [-0.39, 0.29) is 0 Å². The first-order valence-electron chi connectivity index (χ1n) is 5.08. The van der Waals surface area contributed by atoms with Gasteiger partial charge in [0, 0.05) is 24.7 Å². The molecule has 1 aromatic heterocycles. The van der Waals surface area contributed by atoms with Crippen LogP contribution in [0.4, 0.5) is 5.82 Å². The molecule has 2 nitrogen and oxygen atoms in total. The molecule has 0 aliphatic carbocycles. The lowest BCUT2D eigenvalue weighted by Gasteiger charge is -2.17. The molecule has 0 radical (unpaired) electrons. The lowest BCUT2D eigenvalue weighted by atomic mass is 10.2. The van der Waals surface area contributed by atoms with Crippen LogP contribution in [-0.4, -0.2) is 18.1 Å². The van der Waals surface area contributed by atoms with Gasteiger partial charge in [0.2, 0.25) is 0 Å². The first kappa shape index (κ1) is 9.78. The highest BCUT2D eigenvalue weighted by Gasteiger charge is 2.13. The molecule has 0 amide bonds. The number of anilines is 1. The van der Waals surface area contributed by atoms with Gasteiger partial charge in [-0.25, -0.2) is 4.98 Å². The van der Waals surface area contributed by atoms with E-state index in [1.54, 1.807) is 0 Å². The minimum absolute atomic E-state index is 0.555. The third-order valence-corrected chi connectivity index (χ3v) is 3.04. The van der Waals surface area contributed by atoms with Crippen LogP contribution in [0.25, 0.3) is 0 Å². The van der Waals surface area contributed by atoms with Crippen LogP contribution in [0.5, 0.6) is 0 Å². The van der Waals surface area contributed by atoms with Crippen molar-refractivity contribution < 1.29 is 0 Å². The SMILES string of the molecule is Cc1nc(N2CCCC2)ccc1CCl. The Labute approximate surface area is 89.9 Å². The summed E-state index contributed by atoms with van der Waals surface area (Å²) in [5, 5.41) is 0. The molecule has 1 aromatic rings. The molecule has 0 spiro atoms. The zero-order valence-corrected chi connectivity index (χ0v) is 9.22. The Hall–Kier alpha value is -0.760. The number of nitrogens with zero attached hydrogens (tertiary/aromatic N) is 2. The molecule has 0 saturated carbocycles. The number of hydrogen-bond donors (Lipinski definition) is 0. The first-order chi connectivity index (χ1) is 6.81. The molecule has 0 N–H and O–H groups in total. The summed E-state index contributed by atoms with van der Waals surface area (Å²) in [7, 11) is 0. The van der Waals surface area contributed by atoms with Crippen LogP contribution in [0.3, 0.4) is 0 Å². The van der Waals surface area contributed by atoms with Crippen LogP contribution in [0.15, 0.2) is 12.1 Å². The number of pyridine rings is 1. The van der Waals surface area contributed by atoms with E-state index in [1.165, 1.54) is 12.8 Å². The van der Waals surface area contributed by atoms with E-state index in [0.717, 1.165) is 30.2 Å². The van der Waals surface area contributed by atoms with Gasteiger partial charge in [-0.2, -0.15) is 0 Å². The lowest BCUT2D eigenvalue weighted by Crippen LogP contribution is -2.19. The molecular formula is C11H15ClN2. The molecule has 76 valence electrons. The molecule has 1 aliphatic heterocycles. The van der Waals surface area contributed by atoms with Crippen molar-refractivity contribution in [2.45, 2.75) is 25.6 Å². The van der Waals surface area contributed by atoms with Crippen molar-refractivity contribution in [3.63, 3.8) is 0 Å². The van der Waals surface area contributed by atoms with E-state index < -0.39 is 0 Å². The van der Waals surface area contributed by atoms with Crippen molar-refractivity contribution in [1.82, 2.24) is 4.98 Å². The number of rotatable bonds is 2. The molecule has 0 atom stereocenters. The smallest absolute Gasteiger partial charge is 0.128 e. The predicted octanol–water partition coefficient (Wildman–Crippen LogP) is 2.73. The number of halogens is 1. The summed E-state index contributed by atoms with van der Waals surface area (Å²) in [4.78, 5) is 6.91. The predicted molar refractivity (Wildman–Crippen MR) is 60.0 cm³/mol. The van der Waals surface area contributed by atoms with E-state index in [1.807, 2.05) is 6.92 Å². The maximum absolute atomic E-state index is 5.79. The van der Waals surface area contributed by atoms with Crippen molar-refractivity contribution in [2.75, 3.05) is 18.0 Å². The fourth-order valence-corrected chi connectivity index (χ4v) is 2.12. The Morgan fingerprint density at radius 3 is 2.64 bits per heavy atom. The number of hydrogen-bond acceptors (Lipinski definition) is 2. The Morgan fingerprint density at radius 2 is 2.07 bits per heavy atom. The highest BCUT2D eigenvalue weighted by atomic mass is 35.5. The number of alkyl halides is 1. The van der Waals surface area contributed by atoms with Gasteiger partial charge in [-0.1, -0.05) is 6.07 Å². The molecule has 0 aromatic carbocycles. The van der Waals surface area contributed by atoms with E-state index in [4.69, 9.17) is 11.6 Å². The Morgan fingerprint density at radius 1 is 1.36 bits per heavy atom. The van der Waals surface area contributed by atoms with Gasteiger partial charge in [0.25, 0.3) is 0 Å². The second-order valence-corrected chi connectivity index (χ2v) is 4.01. The monoisotopic (exact) mass is 210 g/mol. The van der Waals surface area contributed by atoms with Gasteiger partial charge >= 0.3 is 0 Å². The summed E-state index contributed by atoms with van der Waals surface area (Å²) >= 11 is 5.79. The zero-order chi connectivity index (χ0) is 9.97. The molecule has 3 heteroatoms. The maximum Gasteiger partial charge on any atom is 0.128 e. The summed E-state index contributed by atoms with van der Waals surface area (Å²) in [5.74, 6) is 1.66. The van der Waals surface area contributed by atoms with E-state index >= 15 is 0 Å². The minimum atomic E-state index is 0.555. The molecule has 1 aliphatic rings. The standard InChI is InChI=1S/C11H15ClN2/c1-9-10(8-12)4-5-11(13-9)14-6-2-3-7-14/h4-5H,2-3,6-8H2,1H3. The molecule has 1 saturated heterocycles. The van der Waals surface area contributed by atoms with Gasteiger partial charge in [0.1, 0.15) is 5.82 Å². The van der Waals surface area contributed by atoms with Crippen LogP contribution < -0.4 is 4.90 Å². The van der Waals surface area contributed by atoms with Gasteiger partial charge in [-0.3, -0.25) is 0 Å². The normalized spacial score (nSPS) is 16.3. The zero-order valence-electron chi connectivity index (χ0n) is 8.46. The van der Waals surface area contributed by atoms with Crippen LogP contribution in [0.1, 0.15) is 24.1 Å². The molecule has 1 fully saturated rings. The first-order valence-corrected chi connectivity index (χ1v) is 5.62. The van der Waals surface area contributed by atoms with Crippen molar-refractivity contribution in [3.05, 3.63) is 23.4 Å². The average Bonchev–Trinajstić information content (AvgIpc) is 2.70. The fraction of sp³-hybridized carbons (Fsp3) is 0.545. The van der Waals surface area contributed by atoms with E-state index in [9.17, 15) is 0 Å². The second kappa shape index (κ2) is 4.18. The molecule has 0 unspecified atom stereocenters. The molecule has 2 heterocycles. The molecule has 0 bridgehead atoms. The number of aromatic nitrogens is 1. The third-order valence-electron chi connectivity index (χ3n) is 2.75. The largest absolute Gasteiger partial charge is 0.357 e. The minimum Gasteiger partial charge on any atom is -0.357 e. The van der Waals surface area contributed by atoms with Crippen molar-refractivity contribution >= 4 is 17.4 Å². The number of aryl methyl sites for hydroxylation is 1. The molecule has 14 heavy (non-hydrogen) atoms. The Kier molecular flexibility index (Phi) is 2.92. The summed E-state index contributed by atoms with van der Waals surface area (Å²) in [6.07, 6.45) is 2.58. The highest BCUT2D eigenvalue weighted by molar-refractivity contribution is 6.17. The Balaban J connectivity index is 2.23. The van der Waals surface area contributed by atoms with Gasteiger partial charge in [-0.05, 0) is 31.4 Å². The van der Waals surface area contributed by atoms with Gasteiger partial charge < -0.3 is 4.90 Å². The quantitative estimate of drug-likeness (QED) is 0.698. The molecule has 2 rings (SSSR count). The summed E-state index contributed by atoms with van der Waals surface area (Å²) in [6.45, 7) is 4.32. The Bertz CT molecular complexity index is 319. The van der Waals surface area contributed by atoms with Crippen LogP contribution in [0, 0.1) is 6.92 Å². The van der Waals surface area contributed by atoms with Crippen LogP contribution in [-0.2, 0) is 5.88 Å². The summed E-state index contributed by atoms with van der Waals surface area (Å²) in [5.41, 5.74) is 2.19. The molecular weight excluding hydrogens is 196 g/mol. The topological polar surface area (TPSA) is 16.1 Å². The average molecular weight is 211 g/mol. The van der Waals surface area contributed by atoms with E-state index in [2.05, 4.69) is 22.0 Å². The summed E-state index contributed by atoms with van der Waals surface area (Å²) < 4.78 is 0. The lowest BCUT2D eigenvalue weighted by molar-refractivity contribution is 0.925. The van der Waals surface area contributed by atoms with Gasteiger partial charge in [0.15, 0.2) is 0 Å². The second-order valence-electron chi connectivity index (χ2n) is 3.74.